The molecule has 1 aliphatic heterocycles. The van der Waals surface area contributed by atoms with Gasteiger partial charge in [-0.05, 0) is 47.0 Å². The first-order valence-electron chi connectivity index (χ1n) is 13.0. The molecule has 40 heavy (non-hydrogen) atoms. The lowest BCUT2D eigenvalue weighted by Gasteiger charge is -2.33. The van der Waals surface area contributed by atoms with Crippen LogP contribution in [0.25, 0.3) is 0 Å². The van der Waals surface area contributed by atoms with E-state index in [0.717, 1.165) is 17.7 Å². The molecular formula is C27H33ClN6O5S. The lowest BCUT2D eigenvalue weighted by molar-refractivity contribution is -0.150. The Hall–Kier alpha value is -3.56. The molecule has 11 nitrogen and oxygen atoms in total. The number of nitrogens with zero attached hydrogens (tertiary/aromatic N) is 4. The number of ether oxygens (including phenoxy) is 2. The van der Waals surface area contributed by atoms with Gasteiger partial charge < -0.3 is 30.7 Å². The molecule has 0 bridgehead atoms. The molecule has 0 aromatic carbocycles. The van der Waals surface area contributed by atoms with Crippen LogP contribution in [0.5, 0.6) is 5.75 Å². The minimum Gasteiger partial charge on any atom is -0.490 e. The van der Waals surface area contributed by atoms with Crippen molar-refractivity contribution in [2.45, 2.75) is 76.9 Å². The predicted molar refractivity (Wildman–Crippen MR) is 151 cm³/mol. The number of oxime groups is 1. The molecule has 13 heteroatoms. The summed E-state index contributed by atoms with van der Waals surface area (Å²) >= 11 is 7.54. The van der Waals surface area contributed by atoms with E-state index in [0.29, 0.717) is 54.2 Å². The van der Waals surface area contributed by atoms with Crippen molar-refractivity contribution >= 4 is 45.8 Å². The number of hydrogen-bond acceptors (Lipinski definition) is 10. The Morgan fingerprint density at radius 1 is 1.30 bits per heavy atom. The van der Waals surface area contributed by atoms with Crippen LogP contribution in [-0.2, 0) is 26.2 Å². The Bertz CT molecular complexity index is 1370. The van der Waals surface area contributed by atoms with E-state index in [1.807, 2.05) is 20.8 Å². The maximum absolute atomic E-state index is 13.2. The second-order valence-electron chi connectivity index (χ2n) is 11.1. The van der Waals surface area contributed by atoms with Crippen molar-refractivity contribution < 1.29 is 23.9 Å². The van der Waals surface area contributed by atoms with Gasteiger partial charge in [-0.3, -0.25) is 0 Å². The summed E-state index contributed by atoms with van der Waals surface area (Å²) in [4.78, 5) is 37.5. The van der Waals surface area contributed by atoms with Crippen LogP contribution in [0.4, 0.5) is 9.80 Å². The van der Waals surface area contributed by atoms with E-state index >= 15 is 0 Å². The first-order valence-corrected chi connectivity index (χ1v) is 14.2. The van der Waals surface area contributed by atoms with Crippen molar-refractivity contribution in [1.82, 2.24) is 9.88 Å². The van der Waals surface area contributed by atoms with Gasteiger partial charge >= 0.3 is 12.1 Å². The fraction of sp³-hybridized carbons (Fsp3) is 0.519. The zero-order chi connectivity index (χ0) is 29.2. The van der Waals surface area contributed by atoms with Gasteiger partial charge in [-0.15, -0.1) is 11.3 Å². The molecule has 0 spiro atoms. The SMILES string of the molecule is CC(C)(C)OC(=O)N1CCC(Oc2cc(Cl)nc(/C(N)=N/OC(=O)C3(C)CCCc4sc(N)c(C#N)c43)c2)CC1. The number of halogens is 1. The molecule has 3 heterocycles. The summed E-state index contributed by atoms with van der Waals surface area (Å²) in [6.45, 7) is 8.21. The average molecular weight is 589 g/mol. The number of hydrogen-bond donors (Lipinski definition) is 2. The van der Waals surface area contributed by atoms with E-state index in [-0.39, 0.29) is 28.9 Å². The maximum Gasteiger partial charge on any atom is 0.410 e. The normalized spacial score (nSPS) is 19.9. The summed E-state index contributed by atoms with van der Waals surface area (Å²) in [6, 6.07) is 5.24. The number of thiophene rings is 1. The fourth-order valence-corrected chi connectivity index (χ4v) is 6.28. The highest BCUT2D eigenvalue weighted by molar-refractivity contribution is 7.16. The zero-order valence-corrected chi connectivity index (χ0v) is 24.5. The van der Waals surface area contributed by atoms with E-state index in [1.165, 1.54) is 11.3 Å². The molecule has 1 amide bonds. The molecule has 214 valence electrons. The van der Waals surface area contributed by atoms with Crippen molar-refractivity contribution in [3.05, 3.63) is 39.0 Å². The third kappa shape index (κ3) is 6.42. The Morgan fingerprint density at radius 2 is 2.00 bits per heavy atom. The number of anilines is 1. The number of fused-ring (bicyclic) bond motifs is 1. The lowest BCUT2D eigenvalue weighted by atomic mass is 9.72. The van der Waals surface area contributed by atoms with E-state index < -0.39 is 17.0 Å². The summed E-state index contributed by atoms with van der Waals surface area (Å²) < 4.78 is 11.5. The molecule has 1 aliphatic carbocycles. The van der Waals surface area contributed by atoms with Crippen molar-refractivity contribution in [3.8, 4) is 11.8 Å². The lowest BCUT2D eigenvalue weighted by Crippen LogP contribution is -2.44. The monoisotopic (exact) mass is 588 g/mol. The standard InChI is InChI=1S/C27H33ClN6O5S/c1-26(2,3)38-25(36)34-10-7-15(8-11-34)37-16-12-18(32-20(28)13-16)22(30)33-39-24(35)27(4)9-5-6-19-21(27)17(14-29)23(31)40-19/h12-13,15H,5-11,31H2,1-4H3,(H2,30,33). The molecule has 2 aromatic heterocycles. The van der Waals surface area contributed by atoms with Crippen LogP contribution in [0.1, 0.15) is 75.1 Å². The van der Waals surface area contributed by atoms with Gasteiger partial charge in [-0.2, -0.15) is 5.26 Å². The number of nitrogens with two attached hydrogens (primary N) is 2. The number of carbonyl (C=O) groups is 2. The first kappa shape index (κ1) is 29.4. The summed E-state index contributed by atoms with van der Waals surface area (Å²) in [7, 11) is 0. The van der Waals surface area contributed by atoms with Crippen LogP contribution in [0.3, 0.4) is 0 Å². The molecule has 4 rings (SSSR count). The van der Waals surface area contributed by atoms with E-state index in [2.05, 4.69) is 16.2 Å². The molecule has 1 fully saturated rings. The van der Waals surface area contributed by atoms with Crippen LogP contribution >= 0.6 is 22.9 Å². The second-order valence-corrected chi connectivity index (χ2v) is 12.6. The number of amides is 1. The first-order chi connectivity index (χ1) is 18.8. The summed E-state index contributed by atoms with van der Waals surface area (Å²) in [5, 5.41) is 14.0. The number of rotatable bonds is 5. The number of nitrogen functional groups attached to an aromatic ring is 1. The quantitative estimate of drug-likeness (QED) is 0.168. The number of pyridine rings is 1. The minimum absolute atomic E-state index is 0.125. The zero-order valence-electron chi connectivity index (χ0n) is 23.0. The van der Waals surface area contributed by atoms with Crippen molar-refractivity contribution in [2.75, 3.05) is 18.8 Å². The second kappa shape index (κ2) is 11.5. The largest absolute Gasteiger partial charge is 0.490 e. The molecule has 1 atom stereocenters. The molecular weight excluding hydrogens is 556 g/mol. The highest BCUT2D eigenvalue weighted by Crippen LogP contribution is 2.46. The number of nitriles is 1. The van der Waals surface area contributed by atoms with Crippen LogP contribution < -0.4 is 16.2 Å². The van der Waals surface area contributed by atoms with E-state index in [9.17, 15) is 14.9 Å². The Kier molecular flexibility index (Phi) is 8.46. The van der Waals surface area contributed by atoms with Crippen LogP contribution in [0.2, 0.25) is 5.15 Å². The molecule has 4 N–H and O–H groups in total. The number of carbonyl (C=O) groups excluding carboxylic acids is 2. The fourth-order valence-electron chi connectivity index (χ4n) is 4.89. The molecule has 1 unspecified atom stereocenters. The van der Waals surface area contributed by atoms with Crippen LogP contribution in [-0.4, -0.2) is 52.6 Å². The van der Waals surface area contributed by atoms with Crippen molar-refractivity contribution in [2.24, 2.45) is 10.9 Å². The third-order valence-corrected chi connectivity index (χ3v) is 8.13. The summed E-state index contributed by atoms with van der Waals surface area (Å²) in [5.74, 6) is -0.377. The van der Waals surface area contributed by atoms with Gasteiger partial charge in [0, 0.05) is 48.5 Å². The van der Waals surface area contributed by atoms with Gasteiger partial charge in [0.1, 0.15) is 39.4 Å². The van der Waals surface area contributed by atoms with Gasteiger partial charge in [-0.1, -0.05) is 16.8 Å². The average Bonchev–Trinajstić information content (AvgIpc) is 3.22. The topological polar surface area (TPSA) is 166 Å². The number of aryl methyl sites for hydroxylation is 1. The third-order valence-electron chi connectivity index (χ3n) is 6.86. The highest BCUT2D eigenvalue weighted by atomic mass is 35.5. The summed E-state index contributed by atoms with van der Waals surface area (Å²) in [6.07, 6.45) is 2.68. The highest BCUT2D eigenvalue weighted by Gasteiger charge is 2.44. The van der Waals surface area contributed by atoms with Gasteiger partial charge in [0.2, 0.25) is 0 Å². The Balaban J connectivity index is 1.42. The van der Waals surface area contributed by atoms with Crippen LogP contribution in [0, 0.1) is 11.3 Å². The van der Waals surface area contributed by atoms with E-state index in [1.54, 1.807) is 24.0 Å². The van der Waals surface area contributed by atoms with Crippen molar-refractivity contribution in [3.63, 3.8) is 0 Å². The summed E-state index contributed by atoms with van der Waals surface area (Å²) in [5.41, 5.74) is 11.6. The van der Waals surface area contributed by atoms with Gasteiger partial charge in [0.25, 0.3) is 0 Å². The number of aromatic nitrogens is 1. The Morgan fingerprint density at radius 3 is 2.65 bits per heavy atom. The Labute approximate surface area is 242 Å². The van der Waals surface area contributed by atoms with Crippen molar-refractivity contribution in [1.29, 1.82) is 5.26 Å². The molecule has 0 radical (unpaired) electrons. The molecule has 0 saturated carbocycles. The predicted octanol–water partition coefficient (Wildman–Crippen LogP) is 4.49. The molecule has 2 aromatic rings. The van der Waals surface area contributed by atoms with E-state index in [4.69, 9.17) is 37.4 Å². The maximum atomic E-state index is 13.2. The molecule has 1 saturated heterocycles. The molecule has 2 aliphatic rings. The van der Waals surface area contributed by atoms with Gasteiger partial charge in [0.15, 0.2) is 5.84 Å². The number of piperidine rings is 1. The van der Waals surface area contributed by atoms with Gasteiger partial charge in [0.05, 0.1) is 11.0 Å². The minimum atomic E-state index is -1.08. The number of amidine groups is 1. The van der Waals surface area contributed by atoms with Gasteiger partial charge in [-0.25, -0.2) is 14.6 Å². The number of likely N-dealkylation sites (tertiary alicyclic amines) is 1. The smallest absolute Gasteiger partial charge is 0.410 e. The van der Waals surface area contributed by atoms with Crippen LogP contribution in [0.15, 0.2) is 17.3 Å².